The van der Waals surface area contributed by atoms with Gasteiger partial charge in [0.1, 0.15) is 0 Å². The zero-order chi connectivity index (χ0) is 13.8. The van der Waals surface area contributed by atoms with Crippen molar-refractivity contribution in [2.75, 3.05) is 6.54 Å². The van der Waals surface area contributed by atoms with E-state index in [1.165, 1.54) is 0 Å². The molecule has 0 aliphatic carbocycles. The van der Waals surface area contributed by atoms with Gasteiger partial charge in [0.15, 0.2) is 0 Å². The summed E-state index contributed by atoms with van der Waals surface area (Å²) in [5.74, 6) is -0.0855. The molecule has 2 rings (SSSR count). The highest BCUT2D eigenvalue weighted by atomic mass is 35.5. The van der Waals surface area contributed by atoms with Crippen LogP contribution in [0.25, 0.3) is 0 Å². The van der Waals surface area contributed by atoms with Crippen LogP contribution in [0.1, 0.15) is 27.3 Å². The Balaban J connectivity index is 1.89. The number of carbonyl (C=O) groups is 1. The summed E-state index contributed by atoms with van der Waals surface area (Å²) in [7, 11) is 0. The van der Waals surface area contributed by atoms with Gasteiger partial charge in [0.25, 0.3) is 5.91 Å². The summed E-state index contributed by atoms with van der Waals surface area (Å²) in [6.07, 6.45) is 0.777. The van der Waals surface area contributed by atoms with Crippen molar-refractivity contribution >= 4 is 17.5 Å². The smallest absolute Gasteiger partial charge is 0.255 e. The highest BCUT2D eigenvalue weighted by molar-refractivity contribution is 6.30. The number of aromatic nitrogens is 2. The van der Waals surface area contributed by atoms with Crippen LogP contribution in [0.2, 0.25) is 5.02 Å². The molecule has 0 radical (unpaired) electrons. The fourth-order valence-corrected chi connectivity index (χ4v) is 2.07. The van der Waals surface area contributed by atoms with Crippen LogP contribution in [-0.4, -0.2) is 22.6 Å². The number of H-pyrrole nitrogens is 1. The molecule has 5 heteroatoms. The SMILES string of the molecule is Cc1n[nH]c(C)c1C(=O)NCCc1ccc(Cl)cc1. The summed E-state index contributed by atoms with van der Waals surface area (Å²) in [4.78, 5) is 12.0. The summed E-state index contributed by atoms with van der Waals surface area (Å²) < 4.78 is 0. The summed E-state index contributed by atoms with van der Waals surface area (Å²) in [6, 6.07) is 7.62. The summed E-state index contributed by atoms with van der Waals surface area (Å²) in [6.45, 7) is 4.25. The molecule has 0 saturated heterocycles. The van der Waals surface area contributed by atoms with Crippen LogP contribution in [0.3, 0.4) is 0 Å². The third kappa shape index (κ3) is 3.35. The van der Waals surface area contributed by atoms with E-state index in [-0.39, 0.29) is 5.91 Å². The summed E-state index contributed by atoms with van der Waals surface area (Å²) in [5.41, 5.74) is 3.30. The van der Waals surface area contributed by atoms with Crippen LogP contribution >= 0.6 is 11.6 Å². The number of aromatic amines is 1. The third-order valence-electron chi connectivity index (χ3n) is 2.97. The van der Waals surface area contributed by atoms with Gasteiger partial charge in [-0.3, -0.25) is 9.89 Å². The number of halogens is 1. The van der Waals surface area contributed by atoms with Crippen molar-refractivity contribution in [3.05, 3.63) is 51.8 Å². The molecule has 0 fully saturated rings. The molecule has 1 aromatic carbocycles. The van der Waals surface area contributed by atoms with Crippen LogP contribution in [0.4, 0.5) is 0 Å². The molecule has 100 valence electrons. The normalized spacial score (nSPS) is 10.5. The Hall–Kier alpha value is -1.81. The lowest BCUT2D eigenvalue weighted by molar-refractivity contribution is 0.0953. The van der Waals surface area contributed by atoms with Crippen LogP contribution in [0.15, 0.2) is 24.3 Å². The molecule has 1 amide bonds. The maximum atomic E-state index is 12.0. The average Bonchev–Trinajstić information content (AvgIpc) is 2.71. The molecule has 4 nitrogen and oxygen atoms in total. The second kappa shape index (κ2) is 5.89. The molecule has 0 saturated carbocycles. The Bertz CT molecular complexity index is 555. The molecule has 1 aromatic heterocycles. The van der Waals surface area contributed by atoms with E-state index in [1.54, 1.807) is 0 Å². The minimum atomic E-state index is -0.0855. The topological polar surface area (TPSA) is 57.8 Å². The Morgan fingerprint density at radius 1 is 1.32 bits per heavy atom. The van der Waals surface area contributed by atoms with Crippen LogP contribution in [-0.2, 0) is 6.42 Å². The number of nitrogens with zero attached hydrogens (tertiary/aromatic N) is 1. The van der Waals surface area contributed by atoms with E-state index < -0.39 is 0 Å². The van der Waals surface area contributed by atoms with Crippen molar-refractivity contribution in [2.24, 2.45) is 0 Å². The van der Waals surface area contributed by atoms with Crippen molar-refractivity contribution in [1.82, 2.24) is 15.5 Å². The van der Waals surface area contributed by atoms with Gasteiger partial charge in [-0.2, -0.15) is 5.10 Å². The molecule has 0 unspecified atom stereocenters. The van der Waals surface area contributed by atoms with Crippen molar-refractivity contribution in [3.63, 3.8) is 0 Å². The van der Waals surface area contributed by atoms with E-state index in [4.69, 9.17) is 11.6 Å². The van der Waals surface area contributed by atoms with Gasteiger partial charge in [-0.25, -0.2) is 0 Å². The van der Waals surface area contributed by atoms with Gasteiger partial charge in [-0.05, 0) is 38.0 Å². The third-order valence-corrected chi connectivity index (χ3v) is 3.22. The van der Waals surface area contributed by atoms with Crippen molar-refractivity contribution < 1.29 is 4.79 Å². The fourth-order valence-electron chi connectivity index (χ4n) is 1.95. The quantitative estimate of drug-likeness (QED) is 0.903. The molecule has 0 bridgehead atoms. The number of aryl methyl sites for hydroxylation is 2. The van der Waals surface area contributed by atoms with E-state index in [9.17, 15) is 4.79 Å². The Labute approximate surface area is 117 Å². The lowest BCUT2D eigenvalue weighted by Gasteiger charge is -2.05. The van der Waals surface area contributed by atoms with Gasteiger partial charge in [0, 0.05) is 17.3 Å². The minimum absolute atomic E-state index is 0.0855. The second-order valence-corrected chi connectivity index (χ2v) is 4.88. The highest BCUT2D eigenvalue weighted by Crippen LogP contribution is 2.10. The second-order valence-electron chi connectivity index (χ2n) is 4.44. The molecule has 0 spiro atoms. The molecule has 0 atom stereocenters. The highest BCUT2D eigenvalue weighted by Gasteiger charge is 2.14. The molecule has 0 aliphatic rings. The lowest BCUT2D eigenvalue weighted by atomic mass is 10.1. The first kappa shape index (κ1) is 13.6. The van der Waals surface area contributed by atoms with Crippen LogP contribution in [0.5, 0.6) is 0 Å². The predicted molar refractivity (Wildman–Crippen MR) is 75.6 cm³/mol. The first-order valence-electron chi connectivity index (χ1n) is 6.12. The molecule has 0 aliphatic heterocycles. The van der Waals surface area contributed by atoms with Crippen molar-refractivity contribution in [3.8, 4) is 0 Å². The van der Waals surface area contributed by atoms with E-state index in [1.807, 2.05) is 38.1 Å². The number of benzene rings is 1. The average molecular weight is 278 g/mol. The van der Waals surface area contributed by atoms with Crippen molar-refractivity contribution in [1.29, 1.82) is 0 Å². The van der Waals surface area contributed by atoms with Crippen LogP contribution in [0, 0.1) is 13.8 Å². The Morgan fingerprint density at radius 3 is 2.58 bits per heavy atom. The number of nitrogens with one attached hydrogen (secondary N) is 2. The maximum Gasteiger partial charge on any atom is 0.255 e. The van der Waals surface area contributed by atoms with Gasteiger partial charge < -0.3 is 5.32 Å². The van der Waals surface area contributed by atoms with Gasteiger partial charge >= 0.3 is 0 Å². The molecule has 2 aromatic rings. The van der Waals surface area contributed by atoms with E-state index >= 15 is 0 Å². The predicted octanol–water partition coefficient (Wildman–Crippen LogP) is 2.65. The first-order valence-corrected chi connectivity index (χ1v) is 6.50. The maximum absolute atomic E-state index is 12.0. The number of amides is 1. The Kier molecular flexibility index (Phi) is 4.22. The van der Waals surface area contributed by atoms with Gasteiger partial charge in [-0.1, -0.05) is 23.7 Å². The fraction of sp³-hybridized carbons (Fsp3) is 0.286. The summed E-state index contributed by atoms with van der Waals surface area (Å²) >= 11 is 5.82. The molecule has 1 heterocycles. The largest absolute Gasteiger partial charge is 0.352 e. The van der Waals surface area contributed by atoms with Crippen LogP contribution < -0.4 is 5.32 Å². The number of hydrogen-bond acceptors (Lipinski definition) is 2. The minimum Gasteiger partial charge on any atom is -0.352 e. The summed E-state index contributed by atoms with van der Waals surface area (Å²) in [5, 5.41) is 10.4. The van der Waals surface area contributed by atoms with E-state index in [2.05, 4.69) is 15.5 Å². The first-order chi connectivity index (χ1) is 9.08. The van der Waals surface area contributed by atoms with Gasteiger partial charge in [-0.15, -0.1) is 0 Å². The number of rotatable bonds is 4. The van der Waals surface area contributed by atoms with E-state index in [0.717, 1.165) is 28.4 Å². The molecular weight excluding hydrogens is 262 g/mol. The number of carbonyl (C=O) groups excluding carboxylic acids is 1. The zero-order valence-corrected chi connectivity index (χ0v) is 11.7. The molecule has 19 heavy (non-hydrogen) atoms. The lowest BCUT2D eigenvalue weighted by Crippen LogP contribution is -2.26. The standard InChI is InChI=1S/C14H16ClN3O/c1-9-13(10(2)18-17-9)14(19)16-8-7-11-3-5-12(15)6-4-11/h3-6H,7-8H2,1-2H3,(H,16,19)(H,17,18). The number of hydrogen-bond donors (Lipinski definition) is 2. The van der Waals surface area contributed by atoms with E-state index in [0.29, 0.717) is 12.1 Å². The molecule has 2 N–H and O–H groups in total. The van der Waals surface area contributed by atoms with Crippen molar-refractivity contribution in [2.45, 2.75) is 20.3 Å². The molecular formula is C14H16ClN3O. The Morgan fingerprint density at radius 2 is 2.00 bits per heavy atom. The zero-order valence-electron chi connectivity index (χ0n) is 11.0. The van der Waals surface area contributed by atoms with Gasteiger partial charge in [0.2, 0.25) is 0 Å². The van der Waals surface area contributed by atoms with Gasteiger partial charge in [0.05, 0.1) is 11.3 Å². The monoisotopic (exact) mass is 277 g/mol.